The fourth-order valence-electron chi connectivity index (χ4n) is 1.89. The molecule has 1 unspecified atom stereocenters. The first-order chi connectivity index (χ1) is 9.86. The minimum absolute atomic E-state index is 0.298. The van der Waals surface area contributed by atoms with E-state index in [1.165, 1.54) is 0 Å². The Labute approximate surface area is 128 Å². The van der Waals surface area contributed by atoms with Crippen LogP contribution in [0.3, 0.4) is 0 Å². The fraction of sp³-hybridized carbons (Fsp3) is 0.333. The lowest BCUT2D eigenvalue weighted by Gasteiger charge is -2.15. The summed E-state index contributed by atoms with van der Waals surface area (Å²) in [6.45, 7) is 7.21. The van der Waals surface area contributed by atoms with Gasteiger partial charge >= 0.3 is 0 Å². The molecule has 1 heterocycles. The maximum atomic E-state index is 12.0. The first kappa shape index (κ1) is 15.4. The monoisotopic (exact) mass is 308 g/mol. The van der Waals surface area contributed by atoms with E-state index in [1.54, 1.807) is 32.0 Å². The van der Waals surface area contributed by atoms with Gasteiger partial charge in [-0.05, 0) is 51.0 Å². The summed E-state index contributed by atoms with van der Waals surface area (Å²) in [4.78, 5) is 12.0. The van der Waals surface area contributed by atoms with Gasteiger partial charge in [0.2, 0.25) is 0 Å². The number of aromatic nitrogens is 1. The van der Waals surface area contributed by atoms with Crippen LogP contribution in [-0.2, 0) is 4.79 Å². The molecule has 0 aliphatic heterocycles. The maximum Gasteiger partial charge on any atom is 0.266 e. The van der Waals surface area contributed by atoms with Crippen LogP contribution in [0.15, 0.2) is 22.7 Å². The van der Waals surface area contributed by atoms with Crippen LogP contribution in [0.4, 0.5) is 5.82 Å². The highest BCUT2D eigenvalue weighted by Crippen LogP contribution is 2.26. The molecule has 1 atom stereocenters. The molecule has 5 nitrogen and oxygen atoms in total. The van der Waals surface area contributed by atoms with E-state index >= 15 is 0 Å². The first-order valence-electron chi connectivity index (χ1n) is 6.54. The normalized spacial score (nSPS) is 12.0. The largest absolute Gasteiger partial charge is 0.481 e. The molecule has 0 fully saturated rings. The number of aryl methyl sites for hydroxylation is 3. The van der Waals surface area contributed by atoms with Gasteiger partial charge in [0.15, 0.2) is 11.9 Å². The molecule has 2 rings (SSSR count). The molecule has 0 spiro atoms. The molecule has 1 N–H and O–H groups in total. The zero-order chi connectivity index (χ0) is 15.6. The summed E-state index contributed by atoms with van der Waals surface area (Å²) in [6, 6.07) is 5.25. The highest BCUT2D eigenvalue weighted by atomic mass is 35.5. The van der Waals surface area contributed by atoms with Gasteiger partial charge in [0.25, 0.3) is 5.91 Å². The topological polar surface area (TPSA) is 64.4 Å². The molecule has 0 saturated carbocycles. The zero-order valence-electron chi connectivity index (χ0n) is 12.4. The number of hydrogen-bond donors (Lipinski definition) is 1. The number of anilines is 1. The average molecular weight is 309 g/mol. The van der Waals surface area contributed by atoms with E-state index in [4.69, 9.17) is 20.9 Å². The Bertz CT molecular complexity index is 644. The fourth-order valence-corrected chi connectivity index (χ4v) is 1.99. The lowest BCUT2D eigenvalue weighted by Crippen LogP contribution is -2.30. The van der Waals surface area contributed by atoms with Crippen molar-refractivity contribution in [2.75, 3.05) is 5.32 Å². The summed E-state index contributed by atoms with van der Waals surface area (Å²) < 4.78 is 10.5. The summed E-state index contributed by atoms with van der Waals surface area (Å²) in [6.07, 6.45) is -0.665. The molecule has 0 saturated heterocycles. The van der Waals surface area contributed by atoms with Crippen LogP contribution in [0.5, 0.6) is 5.75 Å². The predicted molar refractivity (Wildman–Crippen MR) is 80.9 cm³/mol. The molecule has 2 aromatic rings. The standard InChI is InChI=1S/C15H17ClN2O3/c1-8-5-12(6-9(2)14(8)16)20-11(4)15(19)17-13-7-10(3)21-18-13/h5-7,11H,1-4H3,(H,17,18,19). The number of benzene rings is 1. The van der Waals surface area contributed by atoms with Gasteiger partial charge in [0.1, 0.15) is 11.5 Å². The van der Waals surface area contributed by atoms with Crippen LogP contribution in [0, 0.1) is 20.8 Å². The Balaban J connectivity index is 2.03. The minimum Gasteiger partial charge on any atom is -0.481 e. The number of nitrogens with one attached hydrogen (secondary N) is 1. The third-order valence-electron chi connectivity index (χ3n) is 2.97. The Morgan fingerprint density at radius 1 is 1.29 bits per heavy atom. The van der Waals surface area contributed by atoms with Crippen molar-refractivity contribution in [3.05, 3.63) is 40.1 Å². The number of carbonyl (C=O) groups is 1. The van der Waals surface area contributed by atoms with Crippen molar-refractivity contribution in [2.24, 2.45) is 0 Å². The number of nitrogens with zero attached hydrogens (tertiary/aromatic N) is 1. The van der Waals surface area contributed by atoms with Gasteiger partial charge in [-0.3, -0.25) is 4.79 Å². The van der Waals surface area contributed by atoms with E-state index in [9.17, 15) is 4.79 Å². The number of hydrogen-bond acceptors (Lipinski definition) is 4. The van der Waals surface area contributed by atoms with E-state index in [0.717, 1.165) is 11.1 Å². The smallest absolute Gasteiger partial charge is 0.266 e. The van der Waals surface area contributed by atoms with E-state index in [2.05, 4.69) is 10.5 Å². The number of ether oxygens (including phenoxy) is 1. The Hall–Kier alpha value is -2.01. The lowest BCUT2D eigenvalue weighted by atomic mass is 10.1. The van der Waals surface area contributed by atoms with Gasteiger partial charge in [0.05, 0.1) is 0 Å². The van der Waals surface area contributed by atoms with Crippen molar-refractivity contribution in [1.82, 2.24) is 5.16 Å². The molecule has 1 aromatic carbocycles. The number of rotatable bonds is 4. The van der Waals surface area contributed by atoms with Crippen molar-refractivity contribution in [1.29, 1.82) is 0 Å². The molecule has 1 aromatic heterocycles. The van der Waals surface area contributed by atoms with Crippen molar-refractivity contribution < 1.29 is 14.1 Å². The van der Waals surface area contributed by atoms with Crippen molar-refractivity contribution in [2.45, 2.75) is 33.8 Å². The molecule has 6 heteroatoms. The second-order valence-electron chi connectivity index (χ2n) is 4.94. The average Bonchev–Trinajstić information content (AvgIpc) is 2.81. The minimum atomic E-state index is -0.665. The van der Waals surface area contributed by atoms with Gasteiger partial charge < -0.3 is 14.6 Å². The Morgan fingerprint density at radius 2 is 1.90 bits per heavy atom. The number of carbonyl (C=O) groups excluding carboxylic acids is 1. The summed E-state index contributed by atoms with van der Waals surface area (Å²) in [5.41, 5.74) is 1.82. The van der Waals surface area contributed by atoms with Crippen molar-refractivity contribution in [3.63, 3.8) is 0 Å². The highest BCUT2D eigenvalue weighted by molar-refractivity contribution is 6.32. The SMILES string of the molecule is Cc1cc(NC(=O)C(C)Oc2cc(C)c(Cl)c(C)c2)no1. The molecule has 21 heavy (non-hydrogen) atoms. The van der Waals surface area contributed by atoms with E-state index in [0.29, 0.717) is 22.4 Å². The summed E-state index contributed by atoms with van der Waals surface area (Å²) in [5, 5.41) is 7.04. The van der Waals surface area contributed by atoms with Crippen LogP contribution in [0.25, 0.3) is 0 Å². The highest BCUT2D eigenvalue weighted by Gasteiger charge is 2.17. The summed E-state index contributed by atoms with van der Waals surface area (Å²) in [7, 11) is 0. The molecule has 0 bridgehead atoms. The third kappa shape index (κ3) is 3.76. The predicted octanol–water partition coefficient (Wildman–Crippen LogP) is 3.66. The Kier molecular flexibility index (Phi) is 4.53. The van der Waals surface area contributed by atoms with Gasteiger partial charge in [-0.25, -0.2) is 0 Å². The van der Waals surface area contributed by atoms with Crippen LogP contribution >= 0.6 is 11.6 Å². The number of amides is 1. The molecule has 0 radical (unpaired) electrons. The van der Waals surface area contributed by atoms with Gasteiger partial charge in [0, 0.05) is 11.1 Å². The zero-order valence-corrected chi connectivity index (χ0v) is 13.1. The molecule has 1 amide bonds. The molecular formula is C15H17ClN2O3. The summed E-state index contributed by atoms with van der Waals surface area (Å²) in [5.74, 6) is 1.31. The molecule has 0 aliphatic rings. The van der Waals surface area contributed by atoms with E-state index in [-0.39, 0.29) is 5.91 Å². The van der Waals surface area contributed by atoms with Crippen molar-refractivity contribution in [3.8, 4) is 5.75 Å². The van der Waals surface area contributed by atoms with Crippen molar-refractivity contribution >= 4 is 23.3 Å². The molecule has 112 valence electrons. The van der Waals surface area contributed by atoms with Gasteiger partial charge in [-0.2, -0.15) is 0 Å². The summed E-state index contributed by atoms with van der Waals surface area (Å²) >= 11 is 6.10. The molecular weight excluding hydrogens is 292 g/mol. The Morgan fingerprint density at radius 3 is 2.43 bits per heavy atom. The second kappa shape index (κ2) is 6.18. The van der Waals surface area contributed by atoms with Crippen LogP contribution < -0.4 is 10.1 Å². The first-order valence-corrected chi connectivity index (χ1v) is 6.92. The third-order valence-corrected chi connectivity index (χ3v) is 3.57. The molecule has 0 aliphatic carbocycles. The van der Waals surface area contributed by atoms with Gasteiger partial charge in [-0.1, -0.05) is 16.8 Å². The van der Waals surface area contributed by atoms with Crippen LogP contribution in [-0.4, -0.2) is 17.2 Å². The van der Waals surface area contributed by atoms with Crippen LogP contribution in [0.2, 0.25) is 5.02 Å². The van der Waals surface area contributed by atoms with Crippen LogP contribution in [0.1, 0.15) is 23.8 Å². The van der Waals surface area contributed by atoms with E-state index in [1.807, 2.05) is 13.8 Å². The quantitative estimate of drug-likeness (QED) is 0.936. The number of halogens is 1. The maximum absolute atomic E-state index is 12.0. The lowest BCUT2D eigenvalue weighted by molar-refractivity contribution is -0.122. The van der Waals surface area contributed by atoms with E-state index < -0.39 is 6.10 Å². The second-order valence-corrected chi connectivity index (χ2v) is 5.32. The van der Waals surface area contributed by atoms with Gasteiger partial charge in [-0.15, -0.1) is 0 Å².